The van der Waals surface area contributed by atoms with Gasteiger partial charge in [-0.3, -0.25) is 9.59 Å². The lowest BCUT2D eigenvalue weighted by Crippen LogP contribution is -2.41. The number of amides is 2. The molecule has 5 nitrogen and oxygen atoms in total. The Labute approximate surface area is 124 Å². The van der Waals surface area contributed by atoms with Crippen LogP contribution in [0.2, 0.25) is 0 Å². The van der Waals surface area contributed by atoms with E-state index in [9.17, 15) is 9.59 Å². The highest BCUT2D eigenvalue weighted by molar-refractivity contribution is 5.87. The van der Waals surface area contributed by atoms with Crippen molar-refractivity contribution < 1.29 is 9.59 Å². The van der Waals surface area contributed by atoms with E-state index in [0.717, 1.165) is 31.5 Å². The van der Waals surface area contributed by atoms with Crippen molar-refractivity contribution in [3.8, 4) is 6.07 Å². The van der Waals surface area contributed by atoms with Crippen LogP contribution in [0.15, 0.2) is 30.3 Å². The minimum absolute atomic E-state index is 0.0220. The quantitative estimate of drug-likeness (QED) is 0.880. The number of rotatable bonds is 5. The first-order valence-corrected chi connectivity index (χ1v) is 7.19. The van der Waals surface area contributed by atoms with Gasteiger partial charge < -0.3 is 10.2 Å². The third-order valence-electron chi connectivity index (χ3n) is 3.63. The standard InChI is InChI=1S/C16H19N3O2/c17-11-14(10-13-6-2-1-3-7-13)16(21)18-12-15(20)19-8-4-5-9-19/h1-3,6-7,14H,4-5,8-10,12H2,(H,18,21). The average Bonchev–Trinajstić information content (AvgIpc) is 3.05. The van der Waals surface area contributed by atoms with Gasteiger partial charge in [-0.15, -0.1) is 0 Å². The highest BCUT2D eigenvalue weighted by atomic mass is 16.2. The van der Waals surface area contributed by atoms with Crippen LogP contribution in [0.5, 0.6) is 0 Å². The Hall–Kier alpha value is -2.35. The van der Waals surface area contributed by atoms with Crippen LogP contribution >= 0.6 is 0 Å². The van der Waals surface area contributed by atoms with E-state index in [0.29, 0.717) is 6.42 Å². The van der Waals surface area contributed by atoms with E-state index in [2.05, 4.69) is 5.32 Å². The van der Waals surface area contributed by atoms with Crippen molar-refractivity contribution >= 4 is 11.8 Å². The van der Waals surface area contributed by atoms with E-state index in [-0.39, 0.29) is 18.4 Å². The first-order chi connectivity index (χ1) is 10.2. The molecule has 2 rings (SSSR count). The van der Waals surface area contributed by atoms with Crippen LogP contribution in [0.1, 0.15) is 18.4 Å². The predicted molar refractivity (Wildman–Crippen MR) is 78.1 cm³/mol. The molecule has 0 saturated carbocycles. The second-order valence-corrected chi connectivity index (χ2v) is 5.18. The molecule has 1 atom stereocenters. The highest BCUT2D eigenvalue weighted by Crippen LogP contribution is 2.09. The van der Waals surface area contributed by atoms with Gasteiger partial charge in [0, 0.05) is 13.1 Å². The van der Waals surface area contributed by atoms with Gasteiger partial charge in [0.15, 0.2) is 0 Å². The van der Waals surface area contributed by atoms with Gasteiger partial charge in [-0.05, 0) is 24.8 Å². The largest absolute Gasteiger partial charge is 0.346 e. The molecular weight excluding hydrogens is 266 g/mol. The molecule has 1 heterocycles. The molecule has 0 bridgehead atoms. The maximum atomic E-state index is 12.0. The fourth-order valence-electron chi connectivity index (χ4n) is 2.41. The lowest BCUT2D eigenvalue weighted by molar-refractivity contribution is -0.132. The Bertz CT molecular complexity index is 530. The third kappa shape index (κ3) is 4.32. The number of carbonyl (C=O) groups excluding carboxylic acids is 2. The molecule has 1 aliphatic rings. The first kappa shape index (κ1) is 15.0. The Morgan fingerprint density at radius 2 is 1.90 bits per heavy atom. The summed E-state index contributed by atoms with van der Waals surface area (Å²) in [5.41, 5.74) is 0.935. The van der Waals surface area contributed by atoms with Gasteiger partial charge in [0.25, 0.3) is 0 Å². The number of hydrogen-bond acceptors (Lipinski definition) is 3. The van der Waals surface area contributed by atoms with Gasteiger partial charge in [0.05, 0.1) is 12.6 Å². The van der Waals surface area contributed by atoms with Crippen LogP contribution in [0.25, 0.3) is 0 Å². The fraction of sp³-hybridized carbons (Fsp3) is 0.438. The molecule has 2 amide bonds. The summed E-state index contributed by atoms with van der Waals surface area (Å²) in [7, 11) is 0. The summed E-state index contributed by atoms with van der Waals surface area (Å²) < 4.78 is 0. The number of carbonyl (C=O) groups is 2. The minimum atomic E-state index is -0.765. The molecule has 1 unspecified atom stereocenters. The molecule has 1 aliphatic heterocycles. The smallest absolute Gasteiger partial charge is 0.241 e. The van der Waals surface area contributed by atoms with Crippen LogP contribution in [-0.4, -0.2) is 36.3 Å². The summed E-state index contributed by atoms with van der Waals surface area (Å²) in [5, 5.41) is 11.7. The monoisotopic (exact) mass is 285 g/mol. The first-order valence-electron chi connectivity index (χ1n) is 7.19. The Morgan fingerprint density at radius 1 is 1.24 bits per heavy atom. The van der Waals surface area contributed by atoms with Crippen LogP contribution < -0.4 is 5.32 Å². The van der Waals surface area contributed by atoms with E-state index in [1.165, 1.54) is 0 Å². The zero-order chi connectivity index (χ0) is 15.1. The van der Waals surface area contributed by atoms with Crippen molar-refractivity contribution in [2.24, 2.45) is 5.92 Å². The molecule has 5 heteroatoms. The number of nitriles is 1. The number of nitrogens with one attached hydrogen (secondary N) is 1. The SMILES string of the molecule is N#CC(Cc1ccccc1)C(=O)NCC(=O)N1CCCC1. The Balaban J connectivity index is 1.83. The normalized spacial score (nSPS) is 15.3. The molecule has 0 radical (unpaired) electrons. The summed E-state index contributed by atoms with van der Waals surface area (Å²) in [6.07, 6.45) is 2.41. The van der Waals surface area contributed by atoms with Crippen LogP contribution in [-0.2, 0) is 16.0 Å². The van der Waals surface area contributed by atoms with Crippen molar-refractivity contribution in [1.82, 2.24) is 10.2 Å². The van der Waals surface area contributed by atoms with E-state index >= 15 is 0 Å². The predicted octanol–water partition coefficient (Wildman–Crippen LogP) is 1.11. The molecule has 110 valence electrons. The summed E-state index contributed by atoms with van der Waals surface area (Å²) in [6, 6.07) is 11.4. The van der Waals surface area contributed by atoms with Gasteiger partial charge in [-0.2, -0.15) is 5.26 Å². The second kappa shape index (κ2) is 7.44. The maximum Gasteiger partial charge on any atom is 0.241 e. The van der Waals surface area contributed by atoms with Crippen molar-refractivity contribution in [3.63, 3.8) is 0 Å². The van der Waals surface area contributed by atoms with Gasteiger partial charge in [-0.1, -0.05) is 30.3 Å². The summed E-state index contributed by atoms with van der Waals surface area (Å²) in [5.74, 6) is -1.22. The van der Waals surface area contributed by atoms with E-state index in [4.69, 9.17) is 5.26 Å². The second-order valence-electron chi connectivity index (χ2n) is 5.18. The summed E-state index contributed by atoms with van der Waals surface area (Å²) in [6.45, 7) is 1.51. The zero-order valence-corrected chi connectivity index (χ0v) is 11.9. The van der Waals surface area contributed by atoms with Crippen molar-refractivity contribution in [2.45, 2.75) is 19.3 Å². The van der Waals surface area contributed by atoms with Crippen LogP contribution in [0.4, 0.5) is 0 Å². The third-order valence-corrected chi connectivity index (χ3v) is 3.63. The van der Waals surface area contributed by atoms with Crippen LogP contribution in [0, 0.1) is 17.2 Å². The lowest BCUT2D eigenvalue weighted by Gasteiger charge is -2.16. The summed E-state index contributed by atoms with van der Waals surface area (Å²) >= 11 is 0. The van der Waals surface area contributed by atoms with Gasteiger partial charge in [0.1, 0.15) is 5.92 Å². The molecular formula is C16H19N3O2. The number of hydrogen-bond donors (Lipinski definition) is 1. The lowest BCUT2D eigenvalue weighted by atomic mass is 10.00. The van der Waals surface area contributed by atoms with E-state index < -0.39 is 5.92 Å². The van der Waals surface area contributed by atoms with Crippen molar-refractivity contribution in [3.05, 3.63) is 35.9 Å². The molecule has 1 fully saturated rings. The number of benzene rings is 1. The topological polar surface area (TPSA) is 73.2 Å². The molecule has 0 aromatic heterocycles. The fourth-order valence-corrected chi connectivity index (χ4v) is 2.41. The maximum absolute atomic E-state index is 12.0. The average molecular weight is 285 g/mol. The summed E-state index contributed by atoms with van der Waals surface area (Å²) in [4.78, 5) is 25.6. The van der Waals surface area contributed by atoms with E-state index in [1.807, 2.05) is 36.4 Å². The molecule has 21 heavy (non-hydrogen) atoms. The van der Waals surface area contributed by atoms with Gasteiger partial charge in [0.2, 0.25) is 11.8 Å². The van der Waals surface area contributed by atoms with Crippen LogP contribution in [0.3, 0.4) is 0 Å². The molecule has 1 N–H and O–H groups in total. The van der Waals surface area contributed by atoms with Gasteiger partial charge in [-0.25, -0.2) is 0 Å². The zero-order valence-electron chi connectivity index (χ0n) is 11.9. The van der Waals surface area contributed by atoms with E-state index in [1.54, 1.807) is 4.90 Å². The van der Waals surface area contributed by atoms with Gasteiger partial charge >= 0.3 is 0 Å². The molecule has 1 aromatic rings. The molecule has 1 saturated heterocycles. The molecule has 1 aromatic carbocycles. The number of nitrogens with zero attached hydrogens (tertiary/aromatic N) is 2. The number of likely N-dealkylation sites (tertiary alicyclic amines) is 1. The van der Waals surface area contributed by atoms with Crippen molar-refractivity contribution in [1.29, 1.82) is 5.26 Å². The Kier molecular flexibility index (Phi) is 5.33. The molecule has 0 spiro atoms. The highest BCUT2D eigenvalue weighted by Gasteiger charge is 2.22. The Morgan fingerprint density at radius 3 is 2.52 bits per heavy atom. The van der Waals surface area contributed by atoms with Crippen molar-refractivity contribution in [2.75, 3.05) is 19.6 Å². The molecule has 0 aliphatic carbocycles. The minimum Gasteiger partial charge on any atom is -0.346 e.